The van der Waals surface area contributed by atoms with Gasteiger partial charge in [0.05, 0.1) is 0 Å². The minimum atomic E-state index is 0.923. The van der Waals surface area contributed by atoms with E-state index in [1.807, 2.05) is 13.0 Å². The summed E-state index contributed by atoms with van der Waals surface area (Å²) in [4.78, 5) is 0. The molecule has 8 rings (SSSR count). The Morgan fingerprint density at radius 3 is 1.73 bits per heavy atom. The van der Waals surface area contributed by atoms with Crippen LogP contribution in [0.25, 0.3) is 76.5 Å². The molecule has 0 N–H and O–H groups in total. The number of allylic oxidation sites excluding steroid dienone is 1. The van der Waals surface area contributed by atoms with E-state index in [-0.39, 0.29) is 0 Å². The molecule has 0 amide bonds. The van der Waals surface area contributed by atoms with Gasteiger partial charge >= 0.3 is 0 Å². The first kappa shape index (κ1) is 23.9. The predicted molar refractivity (Wildman–Crippen MR) is 173 cm³/mol. The van der Waals surface area contributed by atoms with Gasteiger partial charge in [-0.3, -0.25) is 0 Å². The second-order valence-corrected chi connectivity index (χ2v) is 10.1. The molecular weight excluding hydrogens is 484 g/mol. The fourth-order valence-corrected chi connectivity index (χ4v) is 5.96. The van der Waals surface area contributed by atoms with Gasteiger partial charge in [-0.1, -0.05) is 115 Å². The van der Waals surface area contributed by atoms with Gasteiger partial charge in [0.25, 0.3) is 0 Å². The monoisotopic (exact) mass is 512 g/mol. The molecule has 1 heteroatoms. The maximum Gasteiger partial charge on any atom is 0.143 e. The number of para-hydroxylation sites is 1. The lowest BCUT2D eigenvalue weighted by Gasteiger charge is -2.14. The molecule has 0 aliphatic rings. The Balaban J connectivity index is 0.000000846. The molecule has 7 aromatic carbocycles. The van der Waals surface area contributed by atoms with Gasteiger partial charge in [0.2, 0.25) is 0 Å². The predicted octanol–water partition coefficient (Wildman–Crippen LogP) is 11.6. The number of rotatable bonds is 2. The summed E-state index contributed by atoms with van der Waals surface area (Å²) in [5.74, 6) is 0. The minimum absolute atomic E-state index is 0.923. The molecule has 0 bridgehead atoms. The molecule has 0 atom stereocenters. The molecule has 190 valence electrons. The second kappa shape index (κ2) is 9.87. The van der Waals surface area contributed by atoms with Gasteiger partial charge in [-0.25, -0.2) is 0 Å². The van der Waals surface area contributed by atoms with E-state index >= 15 is 0 Å². The molecule has 8 aromatic rings. The van der Waals surface area contributed by atoms with Crippen molar-refractivity contribution in [3.8, 4) is 22.3 Å². The van der Waals surface area contributed by atoms with Crippen LogP contribution in [0.1, 0.15) is 6.92 Å². The van der Waals surface area contributed by atoms with Gasteiger partial charge in [-0.15, -0.1) is 6.58 Å². The minimum Gasteiger partial charge on any atom is -0.455 e. The lowest BCUT2D eigenvalue weighted by atomic mass is 9.90. The third kappa shape index (κ3) is 3.87. The van der Waals surface area contributed by atoms with Crippen molar-refractivity contribution in [2.24, 2.45) is 0 Å². The van der Waals surface area contributed by atoms with Crippen molar-refractivity contribution < 1.29 is 4.42 Å². The smallest absolute Gasteiger partial charge is 0.143 e. The fraction of sp³-hybridized carbons (Fsp3) is 0.0256. The Kier molecular flexibility index (Phi) is 5.91. The summed E-state index contributed by atoms with van der Waals surface area (Å²) in [6.07, 6.45) is 1.75. The number of hydrogen-bond donors (Lipinski definition) is 0. The van der Waals surface area contributed by atoms with Crippen LogP contribution in [-0.2, 0) is 0 Å². The first-order chi connectivity index (χ1) is 19.8. The maximum absolute atomic E-state index is 6.53. The molecule has 0 saturated heterocycles. The zero-order valence-corrected chi connectivity index (χ0v) is 22.4. The molecule has 0 fully saturated rings. The lowest BCUT2D eigenvalue weighted by Crippen LogP contribution is -1.87. The highest BCUT2D eigenvalue weighted by molar-refractivity contribution is 6.22. The van der Waals surface area contributed by atoms with Crippen molar-refractivity contribution in [1.82, 2.24) is 0 Å². The van der Waals surface area contributed by atoms with Crippen molar-refractivity contribution in [1.29, 1.82) is 0 Å². The van der Waals surface area contributed by atoms with Crippen molar-refractivity contribution >= 4 is 54.3 Å². The van der Waals surface area contributed by atoms with Gasteiger partial charge < -0.3 is 4.42 Å². The molecule has 0 unspecified atom stereocenters. The van der Waals surface area contributed by atoms with Crippen molar-refractivity contribution in [2.75, 3.05) is 0 Å². The van der Waals surface area contributed by atoms with Crippen LogP contribution in [0.4, 0.5) is 0 Å². The highest BCUT2D eigenvalue weighted by atomic mass is 16.3. The largest absolute Gasteiger partial charge is 0.455 e. The molecule has 0 aliphatic carbocycles. The molecule has 1 nitrogen and oxygen atoms in total. The summed E-state index contributed by atoms with van der Waals surface area (Å²) in [5, 5.41) is 9.84. The van der Waals surface area contributed by atoms with E-state index in [1.54, 1.807) is 6.08 Å². The molecule has 1 heterocycles. The van der Waals surface area contributed by atoms with Crippen LogP contribution in [0.3, 0.4) is 0 Å². The van der Waals surface area contributed by atoms with Crippen molar-refractivity contribution in [3.05, 3.63) is 146 Å². The Hall–Kier alpha value is -5.14. The van der Waals surface area contributed by atoms with E-state index < -0.39 is 0 Å². The number of hydrogen-bond acceptors (Lipinski definition) is 1. The van der Waals surface area contributed by atoms with Crippen LogP contribution < -0.4 is 0 Å². The van der Waals surface area contributed by atoms with Crippen LogP contribution in [-0.4, -0.2) is 0 Å². The quantitative estimate of drug-likeness (QED) is 0.166. The fourth-order valence-electron chi connectivity index (χ4n) is 5.96. The van der Waals surface area contributed by atoms with Gasteiger partial charge in [0, 0.05) is 16.3 Å². The lowest BCUT2D eigenvalue weighted by molar-refractivity contribution is 0.670. The van der Waals surface area contributed by atoms with Crippen LogP contribution in [0.5, 0.6) is 0 Å². The van der Waals surface area contributed by atoms with E-state index in [1.165, 1.54) is 48.8 Å². The standard InChI is InChI=1S/C36H22O.C3H6/c1-4-15-28-23(10-1)20-24-11-2-5-16-29(24)34(28)27-14-9-13-25(21-27)32-22-26-12-3-6-17-30(26)35-31-18-7-8-19-33(31)37-36(32)35;1-3-2/h1-22H;3H,1H2,2H3. The molecule has 1 aromatic heterocycles. The molecule has 40 heavy (non-hydrogen) atoms. The average molecular weight is 513 g/mol. The summed E-state index contributed by atoms with van der Waals surface area (Å²) in [5.41, 5.74) is 6.63. The van der Waals surface area contributed by atoms with Crippen LogP contribution in [0, 0.1) is 0 Å². The van der Waals surface area contributed by atoms with Gasteiger partial charge in [-0.05, 0) is 80.2 Å². The van der Waals surface area contributed by atoms with E-state index in [0.717, 1.165) is 27.7 Å². The second-order valence-electron chi connectivity index (χ2n) is 10.1. The van der Waals surface area contributed by atoms with Gasteiger partial charge in [-0.2, -0.15) is 0 Å². The van der Waals surface area contributed by atoms with Crippen LogP contribution in [0.2, 0.25) is 0 Å². The highest BCUT2D eigenvalue weighted by Crippen LogP contribution is 2.43. The normalized spacial score (nSPS) is 11.2. The Morgan fingerprint density at radius 1 is 0.525 bits per heavy atom. The first-order valence-corrected chi connectivity index (χ1v) is 13.7. The molecule has 0 spiro atoms. The van der Waals surface area contributed by atoms with E-state index in [4.69, 9.17) is 4.42 Å². The Bertz CT molecular complexity index is 2140. The molecule has 0 radical (unpaired) electrons. The Morgan fingerprint density at radius 2 is 1.05 bits per heavy atom. The zero-order valence-electron chi connectivity index (χ0n) is 22.4. The van der Waals surface area contributed by atoms with Crippen molar-refractivity contribution in [2.45, 2.75) is 6.92 Å². The SMILES string of the molecule is C=CC.c1cc(-c2c3ccccc3cc3ccccc23)cc(-c2cc3ccccc3c3c2oc2ccccc23)c1. The molecule has 0 aliphatic heterocycles. The van der Waals surface area contributed by atoms with Gasteiger partial charge in [0.15, 0.2) is 0 Å². The topological polar surface area (TPSA) is 13.1 Å². The zero-order chi connectivity index (χ0) is 27.1. The highest BCUT2D eigenvalue weighted by Gasteiger charge is 2.17. The molecular formula is C39H28O. The van der Waals surface area contributed by atoms with E-state index in [9.17, 15) is 0 Å². The summed E-state index contributed by atoms with van der Waals surface area (Å²) in [7, 11) is 0. The average Bonchev–Trinajstić information content (AvgIpc) is 3.40. The van der Waals surface area contributed by atoms with Crippen molar-refractivity contribution in [3.63, 3.8) is 0 Å². The van der Waals surface area contributed by atoms with Crippen LogP contribution >= 0.6 is 0 Å². The summed E-state index contributed by atoms with van der Waals surface area (Å²) < 4.78 is 6.53. The number of benzene rings is 7. The Labute approximate surface area is 233 Å². The number of fused-ring (bicyclic) bond motifs is 7. The van der Waals surface area contributed by atoms with Gasteiger partial charge in [0.1, 0.15) is 11.2 Å². The third-order valence-corrected chi connectivity index (χ3v) is 7.60. The maximum atomic E-state index is 6.53. The van der Waals surface area contributed by atoms with E-state index in [2.05, 4.69) is 134 Å². The third-order valence-electron chi connectivity index (χ3n) is 7.60. The summed E-state index contributed by atoms with van der Waals surface area (Å²) in [6, 6.07) is 47.8. The summed E-state index contributed by atoms with van der Waals surface area (Å²) in [6.45, 7) is 5.25. The van der Waals surface area contributed by atoms with E-state index in [0.29, 0.717) is 0 Å². The summed E-state index contributed by atoms with van der Waals surface area (Å²) >= 11 is 0. The first-order valence-electron chi connectivity index (χ1n) is 13.7. The van der Waals surface area contributed by atoms with Crippen LogP contribution in [0.15, 0.2) is 151 Å². The number of furan rings is 1. The molecule has 0 saturated carbocycles.